The maximum atomic E-state index is 4.65. The second-order valence-electron chi connectivity index (χ2n) is 5.94. The molecule has 0 amide bonds. The highest BCUT2D eigenvalue weighted by atomic mass is 32.2. The summed E-state index contributed by atoms with van der Waals surface area (Å²) in [6.45, 7) is 9.88. The van der Waals surface area contributed by atoms with Crippen molar-refractivity contribution in [2.24, 2.45) is 10.4 Å². The van der Waals surface area contributed by atoms with Gasteiger partial charge in [-0.15, -0.1) is 0 Å². The van der Waals surface area contributed by atoms with Crippen LogP contribution in [-0.2, 0) is 0 Å². The fourth-order valence-electron chi connectivity index (χ4n) is 1.95. The number of rotatable bonds is 2. The van der Waals surface area contributed by atoms with E-state index in [0.29, 0.717) is 11.3 Å². The summed E-state index contributed by atoms with van der Waals surface area (Å²) in [5, 5.41) is 4.54. The fraction of sp³-hybridized carbons (Fsp3) is 0.533. The molecule has 2 rings (SSSR count). The van der Waals surface area contributed by atoms with Gasteiger partial charge in [-0.1, -0.05) is 57.7 Å². The third-order valence-corrected chi connectivity index (χ3v) is 4.51. The SMILES string of the molecule is CC(C)c1ccccc1NC1=NCC(C)(C)CS1. The highest BCUT2D eigenvalue weighted by Gasteiger charge is 2.23. The smallest absolute Gasteiger partial charge is 0.161 e. The van der Waals surface area contributed by atoms with Crippen molar-refractivity contribution in [2.75, 3.05) is 17.6 Å². The average molecular weight is 262 g/mol. The highest BCUT2D eigenvalue weighted by Crippen LogP contribution is 2.30. The quantitative estimate of drug-likeness (QED) is 0.857. The molecule has 0 aliphatic carbocycles. The van der Waals surface area contributed by atoms with Crippen molar-refractivity contribution in [3.05, 3.63) is 29.8 Å². The van der Waals surface area contributed by atoms with Crippen LogP contribution in [0.15, 0.2) is 29.3 Å². The third-order valence-electron chi connectivity index (χ3n) is 3.07. The largest absolute Gasteiger partial charge is 0.335 e. The fourth-order valence-corrected chi connectivity index (χ4v) is 2.90. The van der Waals surface area contributed by atoms with Gasteiger partial charge >= 0.3 is 0 Å². The molecule has 1 heterocycles. The van der Waals surface area contributed by atoms with Crippen LogP contribution < -0.4 is 5.32 Å². The van der Waals surface area contributed by atoms with Crippen molar-refractivity contribution >= 4 is 22.6 Å². The molecule has 0 atom stereocenters. The zero-order chi connectivity index (χ0) is 13.2. The van der Waals surface area contributed by atoms with Gasteiger partial charge in [0, 0.05) is 18.0 Å². The van der Waals surface area contributed by atoms with Gasteiger partial charge in [-0.25, -0.2) is 0 Å². The average Bonchev–Trinajstić information content (AvgIpc) is 2.32. The minimum absolute atomic E-state index is 0.327. The molecule has 0 saturated heterocycles. The summed E-state index contributed by atoms with van der Waals surface area (Å²) < 4.78 is 0. The van der Waals surface area contributed by atoms with E-state index < -0.39 is 0 Å². The van der Waals surface area contributed by atoms with Crippen molar-refractivity contribution in [1.29, 1.82) is 0 Å². The number of nitrogens with one attached hydrogen (secondary N) is 1. The van der Waals surface area contributed by atoms with Crippen molar-refractivity contribution in [3.63, 3.8) is 0 Å². The van der Waals surface area contributed by atoms with Gasteiger partial charge in [0.15, 0.2) is 5.17 Å². The van der Waals surface area contributed by atoms with Crippen molar-refractivity contribution in [3.8, 4) is 0 Å². The van der Waals surface area contributed by atoms with E-state index in [1.807, 2.05) is 11.8 Å². The monoisotopic (exact) mass is 262 g/mol. The Hall–Kier alpha value is -0.960. The zero-order valence-corrected chi connectivity index (χ0v) is 12.5. The van der Waals surface area contributed by atoms with Gasteiger partial charge in [0.05, 0.1) is 0 Å². The molecule has 2 nitrogen and oxygen atoms in total. The lowest BCUT2D eigenvalue weighted by Crippen LogP contribution is -2.27. The molecular weight excluding hydrogens is 240 g/mol. The molecule has 0 spiro atoms. The number of anilines is 1. The standard InChI is InChI=1S/C15H22N2S/c1-11(2)12-7-5-6-8-13(12)17-14-16-9-15(3,4)10-18-14/h5-8,11H,9-10H2,1-4H3,(H,16,17). The van der Waals surface area contributed by atoms with Crippen molar-refractivity contribution in [2.45, 2.75) is 33.6 Å². The predicted octanol–water partition coefficient (Wildman–Crippen LogP) is 4.35. The normalized spacial score (nSPS) is 18.6. The Morgan fingerprint density at radius 3 is 2.61 bits per heavy atom. The number of hydrogen-bond donors (Lipinski definition) is 1. The lowest BCUT2D eigenvalue weighted by atomic mass is 9.97. The third kappa shape index (κ3) is 3.29. The summed E-state index contributed by atoms with van der Waals surface area (Å²) in [6, 6.07) is 8.49. The molecule has 0 unspecified atom stereocenters. The Balaban J connectivity index is 2.13. The Bertz CT molecular complexity index is 450. The summed E-state index contributed by atoms with van der Waals surface area (Å²) in [6.07, 6.45) is 0. The number of para-hydroxylation sites is 1. The van der Waals surface area contributed by atoms with Crippen LogP contribution in [0.25, 0.3) is 0 Å². The van der Waals surface area contributed by atoms with Crippen LogP contribution in [-0.4, -0.2) is 17.5 Å². The minimum atomic E-state index is 0.327. The zero-order valence-electron chi connectivity index (χ0n) is 11.7. The van der Waals surface area contributed by atoms with Gasteiger partial charge in [0.2, 0.25) is 0 Å². The second-order valence-corrected chi connectivity index (χ2v) is 6.91. The van der Waals surface area contributed by atoms with E-state index in [0.717, 1.165) is 17.5 Å². The van der Waals surface area contributed by atoms with Crippen molar-refractivity contribution in [1.82, 2.24) is 0 Å². The van der Waals surface area contributed by atoms with Gasteiger partial charge in [-0.2, -0.15) is 0 Å². The number of benzene rings is 1. The molecule has 1 N–H and O–H groups in total. The van der Waals surface area contributed by atoms with E-state index >= 15 is 0 Å². The van der Waals surface area contributed by atoms with Gasteiger partial charge in [0.25, 0.3) is 0 Å². The minimum Gasteiger partial charge on any atom is -0.335 e. The van der Waals surface area contributed by atoms with Crippen LogP contribution in [0.5, 0.6) is 0 Å². The summed E-state index contributed by atoms with van der Waals surface area (Å²) in [4.78, 5) is 4.65. The Kier molecular flexibility index (Phi) is 4.00. The number of amidine groups is 1. The number of thioether (sulfide) groups is 1. The Morgan fingerprint density at radius 1 is 1.28 bits per heavy atom. The first kappa shape index (κ1) is 13.5. The molecule has 1 aromatic carbocycles. The number of aliphatic imine (C=N–C) groups is 1. The van der Waals surface area contributed by atoms with Crippen LogP contribution in [0.3, 0.4) is 0 Å². The van der Waals surface area contributed by atoms with Gasteiger partial charge in [-0.3, -0.25) is 4.99 Å². The first-order valence-corrected chi connectivity index (χ1v) is 7.50. The Morgan fingerprint density at radius 2 is 2.00 bits per heavy atom. The first-order valence-electron chi connectivity index (χ1n) is 6.51. The first-order chi connectivity index (χ1) is 8.48. The summed E-state index contributed by atoms with van der Waals surface area (Å²) in [5.41, 5.74) is 2.87. The number of hydrogen-bond acceptors (Lipinski definition) is 3. The predicted molar refractivity (Wildman–Crippen MR) is 82.7 cm³/mol. The van der Waals surface area contributed by atoms with E-state index in [1.165, 1.54) is 11.3 Å². The molecule has 98 valence electrons. The maximum Gasteiger partial charge on any atom is 0.161 e. The summed E-state index contributed by atoms with van der Waals surface area (Å²) in [7, 11) is 0. The molecule has 3 heteroatoms. The van der Waals surface area contributed by atoms with E-state index in [9.17, 15) is 0 Å². The van der Waals surface area contributed by atoms with Crippen LogP contribution in [0, 0.1) is 5.41 Å². The highest BCUT2D eigenvalue weighted by molar-refractivity contribution is 8.14. The Labute approximate surface area is 114 Å². The van der Waals surface area contributed by atoms with Crippen LogP contribution in [0.1, 0.15) is 39.2 Å². The molecule has 1 aromatic rings. The molecule has 0 saturated carbocycles. The summed E-state index contributed by atoms with van der Waals surface area (Å²) >= 11 is 1.82. The molecule has 18 heavy (non-hydrogen) atoms. The molecular formula is C15H22N2S. The molecule has 0 fully saturated rings. The summed E-state index contributed by atoms with van der Waals surface area (Å²) in [5.74, 6) is 1.65. The molecule has 0 aromatic heterocycles. The second kappa shape index (κ2) is 5.35. The lowest BCUT2D eigenvalue weighted by molar-refractivity contribution is 0.438. The molecule has 0 radical (unpaired) electrons. The van der Waals surface area contributed by atoms with E-state index in [1.54, 1.807) is 0 Å². The van der Waals surface area contributed by atoms with Gasteiger partial charge in [0.1, 0.15) is 0 Å². The topological polar surface area (TPSA) is 24.4 Å². The number of nitrogens with zero attached hydrogens (tertiary/aromatic N) is 1. The van der Waals surface area contributed by atoms with E-state index in [2.05, 4.69) is 62.3 Å². The van der Waals surface area contributed by atoms with E-state index in [-0.39, 0.29) is 0 Å². The molecule has 1 aliphatic heterocycles. The van der Waals surface area contributed by atoms with E-state index in [4.69, 9.17) is 0 Å². The lowest BCUT2D eigenvalue weighted by Gasteiger charge is -2.27. The van der Waals surface area contributed by atoms with Crippen molar-refractivity contribution < 1.29 is 0 Å². The van der Waals surface area contributed by atoms with Crippen LogP contribution in [0.4, 0.5) is 5.69 Å². The molecule has 1 aliphatic rings. The molecule has 0 bridgehead atoms. The van der Waals surface area contributed by atoms with Crippen LogP contribution in [0.2, 0.25) is 0 Å². The van der Waals surface area contributed by atoms with Crippen LogP contribution >= 0.6 is 11.8 Å². The maximum absolute atomic E-state index is 4.65. The van der Waals surface area contributed by atoms with Gasteiger partial charge < -0.3 is 5.32 Å². The van der Waals surface area contributed by atoms with Gasteiger partial charge in [-0.05, 0) is 23.0 Å².